The number of aromatic amines is 1. The van der Waals surface area contributed by atoms with E-state index in [1.54, 1.807) is 0 Å². The summed E-state index contributed by atoms with van der Waals surface area (Å²) in [6, 6.07) is 18.3. The maximum absolute atomic E-state index is 13.2. The zero-order valence-electron chi connectivity index (χ0n) is 18.6. The van der Waals surface area contributed by atoms with Crippen LogP contribution >= 0.6 is 0 Å². The SMILES string of the molecule is CC(C)(C)c1ccc2cc(C(=O)N3CCCN(Cc4ccc(C#N)cc4)CC3)[nH]c2c1. The normalized spacial score (nSPS) is 15.6. The van der Waals surface area contributed by atoms with E-state index in [0.717, 1.165) is 50.0 Å². The predicted octanol–water partition coefficient (Wildman–Crippen LogP) is 4.69. The summed E-state index contributed by atoms with van der Waals surface area (Å²) in [7, 11) is 0. The molecule has 3 aromatic rings. The predicted molar refractivity (Wildman–Crippen MR) is 124 cm³/mol. The molecule has 1 aliphatic heterocycles. The van der Waals surface area contributed by atoms with Crippen LogP contribution in [0.5, 0.6) is 0 Å². The van der Waals surface area contributed by atoms with Gasteiger partial charge >= 0.3 is 0 Å². The summed E-state index contributed by atoms with van der Waals surface area (Å²) < 4.78 is 0. The minimum absolute atomic E-state index is 0.0760. The number of nitrogens with zero attached hydrogens (tertiary/aromatic N) is 3. The van der Waals surface area contributed by atoms with E-state index in [0.29, 0.717) is 11.3 Å². The van der Waals surface area contributed by atoms with E-state index in [9.17, 15) is 4.79 Å². The highest BCUT2D eigenvalue weighted by Gasteiger charge is 2.22. The number of rotatable bonds is 3. The minimum Gasteiger partial charge on any atom is -0.351 e. The summed E-state index contributed by atoms with van der Waals surface area (Å²) in [6.45, 7) is 10.7. The van der Waals surface area contributed by atoms with Gasteiger partial charge in [0.2, 0.25) is 0 Å². The molecular weight excluding hydrogens is 384 g/mol. The van der Waals surface area contributed by atoms with Gasteiger partial charge in [-0.3, -0.25) is 9.69 Å². The fraction of sp³-hybridized carbons (Fsp3) is 0.385. The molecule has 0 atom stereocenters. The largest absolute Gasteiger partial charge is 0.351 e. The Morgan fingerprint density at radius 3 is 2.52 bits per heavy atom. The third kappa shape index (κ3) is 4.81. The van der Waals surface area contributed by atoms with E-state index >= 15 is 0 Å². The second-order valence-electron chi connectivity index (χ2n) is 9.47. The van der Waals surface area contributed by atoms with Gasteiger partial charge in [0.15, 0.2) is 0 Å². The molecule has 0 saturated carbocycles. The summed E-state index contributed by atoms with van der Waals surface area (Å²) in [5.74, 6) is 0.0775. The number of H-pyrrole nitrogens is 1. The number of carbonyl (C=O) groups excluding carboxylic acids is 1. The summed E-state index contributed by atoms with van der Waals surface area (Å²) in [5, 5.41) is 10.0. The van der Waals surface area contributed by atoms with Crippen molar-refractivity contribution in [1.29, 1.82) is 5.26 Å². The topological polar surface area (TPSA) is 63.1 Å². The van der Waals surface area contributed by atoms with Gasteiger partial charge in [0, 0.05) is 43.6 Å². The molecule has 0 radical (unpaired) electrons. The molecule has 160 valence electrons. The Balaban J connectivity index is 1.42. The lowest BCUT2D eigenvalue weighted by Crippen LogP contribution is -2.35. The van der Waals surface area contributed by atoms with Crippen LogP contribution in [-0.2, 0) is 12.0 Å². The third-order valence-electron chi connectivity index (χ3n) is 6.08. The molecule has 0 bridgehead atoms. The van der Waals surface area contributed by atoms with Crippen LogP contribution in [0.4, 0.5) is 0 Å². The molecule has 1 aromatic heterocycles. The van der Waals surface area contributed by atoms with E-state index in [2.05, 4.69) is 54.9 Å². The minimum atomic E-state index is 0.0760. The maximum Gasteiger partial charge on any atom is 0.270 e. The Hall–Kier alpha value is -3.10. The van der Waals surface area contributed by atoms with Crippen molar-refractivity contribution in [3.05, 3.63) is 70.9 Å². The van der Waals surface area contributed by atoms with Crippen molar-refractivity contribution in [3.8, 4) is 6.07 Å². The Bertz CT molecular complexity index is 1110. The zero-order chi connectivity index (χ0) is 22.0. The summed E-state index contributed by atoms with van der Waals surface area (Å²) in [4.78, 5) is 20.9. The fourth-order valence-electron chi connectivity index (χ4n) is 4.15. The van der Waals surface area contributed by atoms with E-state index < -0.39 is 0 Å². The first-order valence-electron chi connectivity index (χ1n) is 11.0. The molecule has 2 heterocycles. The van der Waals surface area contributed by atoms with Crippen molar-refractivity contribution < 1.29 is 4.79 Å². The molecule has 1 N–H and O–H groups in total. The van der Waals surface area contributed by atoms with E-state index in [-0.39, 0.29) is 11.3 Å². The van der Waals surface area contributed by atoms with Crippen molar-refractivity contribution in [1.82, 2.24) is 14.8 Å². The van der Waals surface area contributed by atoms with Gasteiger partial charge in [-0.15, -0.1) is 0 Å². The molecule has 4 rings (SSSR count). The first kappa shape index (κ1) is 21.1. The van der Waals surface area contributed by atoms with Gasteiger partial charge in [-0.1, -0.05) is 45.0 Å². The lowest BCUT2D eigenvalue weighted by Gasteiger charge is -2.21. The molecule has 1 fully saturated rings. The van der Waals surface area contributed by atoms with Crippen LogP contribution < -0.4 is 0 Å². The Morgan fingerprint density at radius 2 is 1.81 bits per heavy atom. The molecule has 2 aromatic carbocycles. The van der Waals surface area contributed by atoms with Gasteiger partial charge in [-0.05, 0) is 47.2 Å². The quantitative estimate of drug-likeness (QED) is 0.676. The number of amides is 1. The molecule has 1 aliphatic rings. The van der Waals surface area contributed by atoms with Gasteiger partial charge in [-0.25, -0.2) is 0 Å². The molecule has 0 spiro atoms. The van der Waals surface area contributed by atoms with Gasteiger partial charge in [-0.2, -0.15) is 5.26 Å². The van der Waals surface area contributed by atoms with Gasteiger partial charge in [0.25, 0.3) is 5.91 Å². The number of nitriles is 1. The molecule has 0 unspecified atom stereocenters. The number of nitrogens with one attached hydrogen (secondary N) is 1. The van der Waals surface area contributed by atoms with E-state index in [4.69, 9.17) is 5.26 Å². The number of carbonyl (C=O) groups is 1. The number of benzene rings is 2. The smallest absolute Gasteiger partial charge is 0.270 e. The maximum atomic E-state index is 13.2. The van der Waals surface area contributed by atoms with E-state index in [1.165, 1.54) is 11.1 Å². The van der Waals surface area contributed by atoms with Crippen molar-refractivity contribution in [2.45, 2.75) is 39.2 Å². The van der Waals surface area contributed by atoms with Gasteiger partial charge < -0.3 is 9.88 Å². The second-order valence-corrected chi connectivity index (χ2v) is 9.47. The van der Waals surface area contributed by atoms with Crippen LogP contribution in [0.3, 0.4) is 0 Å². The van der Waals surface area contributed by atoms with E-state index in [1.807, 2.05) is 35.2 Å². The lowest BCUT2D eigenvalue weighted by atomic mass is 9.87. The Labute approximate surface area is 184 Å². The number of aromatic nitrogens is 1. The fourth-order valence-corrected chi connectivity index (χ4v) is 4.15. The molecule has 5 nitrogen and oxygen atoms in total. The summed E-state index contributed by atoms with van der Waals surface area (Å²) in [5.41, 5.74) is 4.91. The molecule has 5 heteroatoms. The van der Waals surface area contributed by atoms with Crippen molar-refractivity contribution in [3.63, 3.8) is 0 Å². The average Bonchev–Trinajstić information content (AvgIpc) is 3.05. The van der Waals surface area contributed by atoms with Gasteiger partial charge in [0.05, 0.1) is 11.6 Å². The van der Waals surface area contributed by atoms with Crippen molar-refractivity contribution in [2.75, 3.05) is 26.2 Å². The first-order chi connectivity index (χ1) is 14.8. The van der Waals surface area contributed by atoms with Crippen LogP contribution in [0, 0.1) is 11.3 Å². The van der Waals surface area contributed by atoms with Crippen LogP contribution in [0.25, 0.3) is 10.9 Å². The van der Waals surface area contributed by atoms with Crippen LogP contribution in [0.1, 0.15) is 54.4 Å². The monoisotopic (exact) mass is 414 g/mol. The number of hydrogen-bond donors (Lipinski definition) is 1. The zero-order valence-corrected chi connectivity index (χ0v) is 18.6. The molecule has 1 amide bonds. The van der Waals surface area contributed by atoms with Crippen molar-refractivity contribution >= 4 is 16.8 Å². The number of fused-ring (bicyclic) bond motifs is 1. The molecule has 1 saturated heterocycles. The average molecular weight is 415 g/mol. The summed E-state index contributed by atoms with van der Waals surface area (Å²) in [6.07, 6.45) is 0.955. The Kier molecular flexibility index (Phi) is 5.84. The molecular formula is C26H30N4O. The van der Waals surface area contributed by atoms with Crippen LogP contribution in [0.15, 0.2) is 48.5 Å². The first-order valence-corrected chi connectivity index (χ1v) is 11.0. The van der Waals surface area contributed by atoms with Crippen LogP contribution in [0.2, 0.25) is 0 Å². The summed E-state index contributed by atoms with van der Waals surface area (Å²) >= 11 is 0. The van der Waals surface area contributed by atoms with Crippen molar-refractivity contribution in [2.24, 2.45) is 0 Å². The highest BCUT2D eigenvalue weighted by molar-refractivity contribution is 5.98. The third-order valence-corrected chi connectivity index (χ3v) is 6.08. The van der Waals surface area contributed by atoms with Gasteiger partial charge in [0.1, 0.15) is 5.69 Å². The highest BCUT2D eigenvalue weighted by Crippen LogP contribution is 2.26. The van der Waals surface area contributed by atoms with Crippen LogP contribution in [-0.4, -0.2) is 46.9 Å². The second kappa shape index (κ2) is 8.56. The number of hydrogen-bond acceptors (Lipinski definition) is 3. The Morgan fingerprint density at radius 1 is 1.03 bits per heavy atom. The lowest BCUT2D eigenvalue weighted by molar-refractivity contribution is 0.0756. The molecule has 0 aliphatic carbocycles. The highest BCUT2D eigenvalue weighted by atomic mass is 16.2. The molecule has 31 heavy (non-hydrogen) atoms. The standard InChI is InChI=1S/C26H30N4O/c1-26(2,3)22-10-9-21-15-24(28-23(21)16-22)25(31)30-12-4-11-29(13-14-30)18-20-7-5-19(17-27)6-8-20/h5-10,15-16,28H,4,11-14,18H2,1-3H3.